The molecule has 2 aromatic heterocycles. The van der Waals surface area contributed by atoms with Gasteiger partial charge in [0.05, 0.1) is 27.9 Å². The highest BCUT2D eigenvalue weighted by atomic mass is 32.1. The number of benzene rings is 1. The molecule has 1 saturated heterocycles. The Kier molecular flexibility index (Phi) is 5.95. The van der Waals surface area contributed by atoms with Crippen LogP contribution in [0.1, 0.15) is 53.3 Å². The summed E-state index contributed by atoms with van der Waals surface area (Å²) < 4.78 is 21.9. The second-order valence-corrected chi connectivity index (χ2v) is 9.31. The molecule has 29 heavy (non-hydrogen) atoms. The molecule has 6 heteroatoms. The molecular formula is C23H28FN3OS. The first kappa shape index (κ1) is 20.4. The first-order valence-corrected chi connectivity index (χ1v) is 11.1. The summed E-state index contributed by atoms with van der Waals surface area (Å²) in [6.45, 7) is 10.4. The number of hydrogen-bond acceptors (Lipinski definition) is 5. The third kappa shape index (κ3) is 4.65. The number of aryl methyl sites for hydroxylation is 3. The zero-order chi connectivity index (χ0) is 20.5. The van der Waals surface area contributed by atoms with Crippen molar-refractivity contribution < 1.29 is 9.13 Å². The van der Waals surface area contributed by atoms with Gasteiger partial charge in [0.15, 0.2) is 0 Å². The van der Waals surface area contributed by atoms with E-state index in [9.17, 15) is 4.39 Å². The molecule has 0 bridgehead atoms. The SMILES string of the molecule is Cc1cc(CO[C@H]2CCCN([C@@H](C)c3cc4nc(C)sc4cc3F)C2)cc(C)n1. The maximum Gasteiger partial charge on any atom is 0.129 e. The van der Waals surface area contributed by atoms with Gasteiger partial charge in [0.2, 0.25) is 0 Å². The molecule has 0 unspecified atom stereocenters. The van der Waals surface area contributed by atoms with Crippen LogP contribution in [0.2, 0.25) is 0 Å². The minimum Gasteiger partial charge on any atom is -0.372 e. The zero-order valence-corrected chi connectivity index (χ0v) is 18.4. The summed E-state index contributed by atoms with van der Waals surface area (Å²) in [6, 6.07) is 7.72. The number of likely N-dealkylation sites (tertiary alicyclic amines) is 1. The molecule has 1 aliphatic rings. The van der Waals surface area contributed by atoms with Gasteiger partial charge in [-0.15, -0.1) is 11.3 Å². The van der Waals surface area contributed by atoms with Crippen LogP contribution in [-0.4, -0.2) is 34.1 Å². The number of hydrogen-bond donors (Lipinski definition) is 0. The fourth-order valence-corrected chi connectivity index (χ4v) is 5.10. The molecule has 3 aromatic rings. The second-order valence-electron chi connectivity index (χ2n) is 8.08. The molecule has 0 aliphatic carbocycles. The first-order valence-electron chi connectivity index (χ1n) is 10.3. The summed E-state index contributed by atoms with van der Waals surface area (Å²) in [4.78, 5) is 11.3. The summed E-state index contributed by atoms with van der Waals surface area (Å²) in [6.07, 6.45) is 2.26. The summed E-state index contributed by atoms with van der Waals surface area (Å²) in [7, 11) is 0. The van der Waals surface area contributed by atoms with E-state index in [4.69, 9.17) is 4.74 Å². The average molecular weight is 414 g/mol. The van der Waals surface area contributed by atoms with Crippen LogP contribution in [-0.2, 0) is 11.3 Å². The van der Waals surface area contributed by atoms with E-state index in [0.29, 0.717) is 6.61 Å². The molecular weight excluding hydrogens is 385 g/mol. The topological polar surface area (TPSA) is 38.2 Å². The first-order chi connectivity index (χ1) is 13.9. The van der Waals surface area contributed by atoms with Gasteiger partial charge in [-0.1, -0.05) is 0 Å². The van der Waals surface area contributed by atoms with Crippen LogP contribution in [0.5, 0.6) is 0 Å². The Hall–Kier alpha value is -1.89. The minimum absolute atomic E-state index is 0.00165. The number of rotatable bonds is 5. The summed E-state index contributed by atoms with van der Waals surface area (Å²) in [5.41, 5.74) is 4.82. The number of thiazole rings is 1. The van der Waals surface area contributed by atoms with Gasteiger partial charge >= 0.3 is 0 Å². The van der Waals surface area contributed by atoms with Gasteiger partial charge in [-0.3, -0.25) is 9.88 Å². The second kappa shape index (κ2) is 8.46. The Labute approximate surface area is 175 Å². The molecule has 1 aliphatic heterocycles. The Balaban J connectivity index is 1.44. The van der Waals surface area contributed by atoms with E-state index in [0.717, 1.165) is 63.7 Å². The maximum atomic E-state index is 14.8. The maximum absolute atomic E-state index is 14.8. The fraction of sp³-hybridized carbons (Fsp3) is 0.478. The number of halogens is 1. The number of aromatic nitrogens is 2. The fourth-order valence-electron chi connectivity index (χ4n) is 4.27. The molecule has 0 amide bonds. The average Bonchev–Trinajstić information content (AvgIpc) is 3.03. The van der Waals surface area contributed by atoms with Crippen LogP contribution in [0.3, 0.4) is 0 Å². The molecule has 1 aromatic carbocycles. The Morgan fingerprint density at radius 3 is 2.69 bits per heavy atom. The molecule has 0 radical (unpaired) electrons. The number of fused-ring (bicyclic) bond motifs is 1. The van der Waals surface area contributed by atoms with Crippen molar-refractivity contribution in [3.63, 3.8) is 0 Å². The Morgan fingerprint density at radius 2 is 1.93 bits per heavy atom. The minimum atomic E-state index is -0.139. The molecule has 0 spiro atoms. The number of pyridine rings is 1. The van der Waals surface area contributed by atoms with Gasteiger partial charge in [0.25, 0.3) is 0 Å². The highest BCUT2D eigenvalue weighted by Crippen LogP contribution is 2.32. The lowest BCUT2D eigenvalue weighted by Gasteiger charge is -2.37. The number of nitrogens with zero attached hydrogens (tertiary/aromatic N) is 3. The van der Waals surface area contributed by atoms with Crippen molar-refractivity contribution in [2.24, 2.45) is 0 Å². The highest BCUT2D eigenvalue weighted by Gasteiger charge is 2.27. The molecule has 2 atom stereocenters. The van der Waals surface area contributed by atoms with E-state index in [-0.39, 0.29) is 18.0 Å². The lowest BCUT2D eigenvalue weighted by molar-refractivity contribution is -0.0202. The van der Waals surface area contributed by atoms with Gasteiger partial charge in [0.1, 0.15) is 5.82 Å². The van der Waals surface area contributed by atoms with Crippen molar-refractivity contribution in [3.05, 3.63) is 57.6 Å². The van der Waals surface area contributed by atoms with Crippen molar-refractivity contribution in [1.29, 1.82) is 0 Å². The molecule has 0 N–H and O–H groups in total. The van der Waals surface area contributed by atoms with Crippen molar-refractivity contribution in [3.8, 4) is 0 Å². The van der Waals surface area contributed by atoms with Crippen LogP contribution in [0.4, 0.5) is 4.39 Å². The predicted molar refractivity (Wildman–Crippen MR) is 116 cm³/mol. The highest BCUT2D eigenvalue weighted by molar-refractivity contribution is 7.18. The van der Waals surface area contributed by atoms with Gasteiger partial charge in [-0.2, -0.15) is 0 Å². The van der Waals surface area contributed by atoms with Gasteiger partial charge in [-0.05, 0) is 76.9 Å². The molecule has 4 rings (SSSR count). The van der Waals surface area contributed by atoms with Crippen molar-refractivity contribution in [2.75, 3.05) is 13.1 Å². The molecule has 1 fully saturated rings. The number of piperidine rings is 1. The van der Waals surface area contributed by atoms with Crippen molar-refractivity contribution in [2.45, 2.75) is 59.3 Å². The lowest BCUT2D eigenvalue weighted by atomic mass is 10.0. The van der Waals surface area contributed by atoms with E-state index < -0.39 is 0 Å². The normalized spacial score (nSPS) is 19.0. The van der Waals surface area contributed by atoms with Crippen LogP contribution in [0.15, 0.2) is 24.3 Å². The third-order valence-electron chi connectivity index (χ3n) is 5.65. The molecule has 154 valence electrons. The monoisotopic (exact) mass is 413 g/mol. The van der Waals surface area contributed by atoms with Crippen molar-refractivity contribution in [1.82, 2.24) is 14.9 Å². The van der Waals surface area contributed by atoms with Gasteiger partial charge in [-0.25, -0.2) is 9.37 Å². The lowest BCUT2D eigenvalue weighted by Crippen LogP contribution is -2.41. The zero-order valence-electron chi connectivity index (χ0n) is 17.5. The van der Waals surface area contributed by atoms with E-state index in [2.05, 4.69) is 33.9 Å². The summed E-state index contributed by atoms with van der Waals surface area (Å²) >= 11 is 1.54. The Morgan fingerprint density at radius 1 is 1.17 bits per heavy atom. The van der Waals surface area contributed by atoms with Gasteiger partial charge < -0.3 is 4.74 Å². The predicted octanol–water partition coefficient (Wildman–Crippen LogP) is 5.50. The van der Waals surface area contributed by atoms with E-state index in [1.807, 2.05) is 26.8 Å². The van der Waals surface area contributed by atoms with E-state index >= 15 is 0 Å². The molecule has 4 nitrogen and oxygen atoms in total. The van der Waals surface area contributed by atoms with Crippen LogP contribution < -0.4 is 0 Å². The Bertz CT molecular complexity index is 999. The van der Waals surface area contributed by atoms with E-state index in [1.54, 1.807) is 6.07 Å². The molecule has 3 heterocycles. The standard InChI is InChI=1S/C23H28FN3OS/c1-14-8-18(9-15(2)25-14)13-28-19-6-5-7-27(12-19)16(3)20-10-22-23(11-21(20)24)29-17(4)26-22/h8-11,16,19H,5-7,12-13H2,1-4H3/t16-,19-/m0/s1. The van der Waals surface area contributed by atoms with Crippen LogP contribution in [0, 0.1) is 26.6 Å². The number of ether oxygens (including phenoxy) is 1. The van der Waals surface area contributed by atoms with Crippen LogP contribution >= 0.6 is 11.3 Å². The quantitative estimate of drug-likeness (QED) is 0.554. The van der Waals surface area contributed by atoms with Gasteiger partial charge in [0, 0.05) is 29.5 Å². The van der Waals surface area contributed by atoms with Crippen molar-refractivity contribution >= 4 is 21.6 Å². The smallest absolute Gasteiger partial charge is 0.129 e. The summed E-state index contributed by atoms with van der Waals surface area (Å²) in [5, 5.41) is 0.970. The third-order valence-corrected chi connectivity index (χ3v) is 6.58. The van der Waals surface area contributed by atoms with E-state index in [1.165, 1.54) is 11.3 Å². The largest absolute Gasteiger partial charge is 0.372 e. The molecule has 0 saturated carbocycles. The van der Waals surface area contributed by atoms with Crippen LogP contribution in [0.25, 0.3) is 10.2 Å². The summed E-state index contributed by atoms with van der Waals surface area (Å²) in [5.74, 6) is -0.139.